The lowest BCUT2D eigenvalue weighted by molar-refractivity contribution is -0.119. The molecule has 1 aromatic carbocycles. The summed E-state index contributed by atoms with van der Waals surface area (Å²) in [6.45, 7) is 0.967. The smallest absolute Gasteiger partial charge is 0.241 e. The number of fused-ring (bicyclic) bond motifs is 1. The maximum Gasteiger partial charge on any atom is 0.241 e. The van der Waals surface area contributed by atoms with E-state index >= 15 is 0 Å². The summed E-state index contributed by atoms with van der Waals surface area (Å²) in [4.78, 5) is 15.5. The number of methoxy groups -OCH3 is 1. The fourth-order valence-corrected chi connectivity index (χ4v) is 2.34. The summed E-state index contributed by atoms with van der Waals surface area (Å²) in [7, 11) is 1.59. The first-order valence-corrected chi connectivity index (χ1v) is 7.13. The van der Waals surface area contributed by atoms with E-state index < -0.39 is 0 Å². The maximum atomic E-state index is 11.5. The van der Waals surface area contributed by atoms with Crippen molar-refractivity contribution in [2.45, 2.75) is 19.3 Å². The van der Waals surface area contributed by atoms with E-state index in [1.807, 2.05) is 6.07 Å². The van der Waals surface area contributed by atoms with Crippen LogP contribution in [-0.4, -0.2) is 38.7 Å². The highest BCUT2D eigenvalue weighted by Crippen LogP contribution is 2.24. The third-order valence-corrected chi connectivity index (χ3v) is 3.39. The van der Waals surface area contributed by atoms with Crippen molar-refractivity contribution in [2.75, 3.05) is 32.1 Å². The van der Waals surface area contributed by atoms with E-state index in [1.165, 1.54) is 17.5 Å². The van der Waals surface area contributed by atoms with Gasteiger partial charge in [-0.3, -0.25) is 4.79 Å². The predicted octanol–water partition coefficient (Wildman–Crippen LogP) is 1.28. The number of hydrogen-bond acceptors (Lipinski definition) is 3. The zero-order chi connectivity index (χ0) is 15.1. The van der Waals surface area contributed by atoms with Crippen molar-refractivity contribution in [3.63, 3.8) is 0 Å². The fourth-order valence-electron chi connectivity index (χ4n) is 2.34. The SMILES string of the molecule is COCCNC(=O)CN=C(N)Nc1ccc2c(c1)CCC2.I. The van der Waals surface area contributed by atoms with Crippen LogP contribution in [0.25, 0.3) is 0 Å². The van der Waals surface area contributed by atoms with Gasteiger partial charge >= 0.3 is 0 Å². The molecule has 6 nitrogen and oxygen atoms in total. The van der Waals surface area contributed by atoms with Crippen LogP contribution in [-0.2, 0) is 22.4 Å². The molecule has 0 unspecified atom stereocenters. The minimum absolute atomic E-state index is 0. The zero-order valence-electron chi connectivity index (χ0n) is 12.7. The van der Waals surface area contributed by atoms with Crippen molar-refractivity contribution in [3.05, 3.63) is 29.3 Å². The average molecular weight is 418 g/mol. The highest BCUT2D eigenvalue weighted by molar-refractivity contribution is 14.0. The van der Waals surface area contributed by atoms with E-state index in [1.54, 1.807) is 7.11 Å². The molecule has 1 aliphatic rings. The van der Waals surface area contributed by atoms with E-state index in [-0.39, 0.29) is 42.4 Å². The van der Waals surface area contributed by atoms with Gasteiger partial charge < -0.3 is 21.1 Å². The summed E-state index contributed by atoms with van der Waals surface area (Å²) in [5.74, 6) is 0.0700. The zero-order valence-corrected chi connectivity index (χ0v) is 15.1. The number of anilines is 1. The van der Waals surface area contributed by atoms with E-state index in [4.69, 9.17) is 10.5 Å². The monoisotopic (exact) mass is 418 g/mol. The van der Waals surface area contributed by atoms with Crippen molar-refractivity contribution >= 4 is 41.5 Å². The Morgan fingerprint density at radius 2 is 2.14 bits per heavy atom. The number of benzene rings is 1. The molecule has 22 heavy (non-hydrogen) atoms. The lowest BCUT2D eigenvalue weighted by atomic mass is 10.1. The van der Waals surface area contributed by atoms with Crippen molar-refractivity contribution in [1.29, 1.82) is 0 Å². The number of aryl methyl sites for hydroxylation is 2. The van der Waals surface area contributed by atoms with Crippen LogP contribution >= 0.6 is 24.0 Å². The van der Waals surface area contributed by atoms with E-state index in [9.17, 15) is 4.79 Å². The highest BCUT2D eigenvalue weighted by atomic mass is 127. The van der Waals surface area contributed by atoms with Gasteiger partial charge in [0.25, 0.3) is 0 Å². The Bertz CT molecular complexity index is 534. The topological polar surface area (TPSA) is 88.7 Å². The van der Waals surface area contributed by atoms with Crippen LogP contribution in [0.15, 0.2) is 23.2 Å². The lowest BCUT2D eigenvalue weighted by Crippen LogP contribution is -2.31. The van der Waals surface area contributed by atoms with Gasteiger partial charge in [0.2, 0.25) is 5.91 Å². The summed E-state index contributed by atoms with van der Waals surface area (Å²) >= 11 is 0. The third kappa shape index (κ3) is 5.80. The van der Waals surface area contributed by atoms with Crippen LogP contribution in [0.5, 0.6) is 0 Å². The summed E-state index contributed by atoms with van der Waals surface area (Å²) in [5.41, 5.74) is 9.48. The van der Waals surface area contributed by atoms with Crippen LogP contribution in [0.4, 0.5) is 5.69 Å². The average Bonchev–Trinajstić information content (AvgIpc) is 2.93. The second kappa shape index (κ2) is 9.62. The van der Waals surface area contributed by atoms with Crippen molar-refractivity contribution in [2.24, 2.45) is 10.7 Å². The van der Waals surface area contributed by atoms with Gasteiger partial charge in [0.15, 0.2) is 5.96 Å². The van der Waals surface area contributed by atoms with E-state index in [0.29, 0.717) is 13.2 Å². The molecule has 0 aliphatic heterocycles. The Hall–Kier alpha value is -1.35. The molecular formula is C15H23IN4O2. The quantitative estimate of drug-likeness (QED) is 0.281. The summed E-state index contributed by atoms with van der Waals surface area (Å²) in [6, 6.07) is 6.21. The van der Waals surface area contributed by atoms with Crippen molar-refractivity contribution < 1.29 is 9.53 Å². The molecule has 0 atom stereocenters. The minimum atomic E-state index is -0.175. The van der Waals surface area contributed by atoms with Crippen LogP contribution in [0.3, 0.4) is 0 Å². The second-order valence-corrected chi connectivity index (χ2v) is 5.01. The first-order valence-electron chi connectivity index (χ1n) is 7.13. The molecule has 1 aliphatic carbocycles. The molecule has 0 heterocycles. The number of amides is 1. The Morgan fingerprint density at radius 1 is 1.36 bits per heavy atom. The molecule has 0 saturated heterocycles. The van der Waals surface area contributed by atoms with Crippen molar-refractivity contribution in [1.82, 2.24) is 5.32 Å². The summed E-state index contributed by atoms with van der Waals surface area (Å²) in [5, 5.41) is 5.70. The molecule has 7 heteroatoms. The first kappa shape index (κ1) is 18.7. The largest absolute Gasteiger partial charge is 0.383 e. The van der Waals surface area contributed by atoms with Crippen LogP contribution in [0.2, 0.25) is 0 Å². The number of hydrogen-bond donors (Lipinski definition) is 3. The van der Waals surface area contributed by atoms with Crippen LogP contribution < -0.4 is 16.4 Å². The standard InChI is InChI=1S/C15H22N4O2.HI/c1-21-8-7-17-14(20)10-18-15(16)19-13-6-5-11-3-2-4-12(11)9-13;/h5-6,9H,2-4,7-8,10H2,1H3,(H,17,20)(H3,16,18,19);1H. The number of nitrogens with one attached hydrogen (secondary N) is 2. The molecular weight excluding hydrogens is 395 g/mol. The number of ether oxygens (including phenoxy) is 1. The second-order valence-electron chi connectivity index (χ2n) is 5.01. The number of carbonyl (C=O) groups is 1. The van der Waals surface area contributed by atoms with Crippen LogP contribution in [0, 0.1) is 0 Å². The Labute approximate surface area is 147 Å². The number of carbonyl (C=O) groups excluding carboxylic acids is 1. The van der Waals surface area contributed by atoms with Crippen LogP contribution in [0.1, 0.15) is 17.5 Å². The number of nitrogens with zero attached hydrogens (tertiary/aromatic N) is 1. The van der Waals surface area contributed by atoms with E-state index in [0.717, 1.165) is 18.5 Å². The van der Waals surface area contributed by atoms with Crippen molar-refractivity contribution in [3.8, 4) is 0 Å². The number of rotatable bonds is 6. The molecule has 0 spiro atoms. The normalized spacial score (nSPS) is 13.2. The molecule has 4 N–H and O–H groups in total. The van der Waals surface area contributed by atoms with Gasteiger partial charge in [-0.2, -0.15) is 0 Å². The Kier molecular flexibility index (Phi) is 8.18. The number of nitrogens with two attached hydrogens (primary N) is 1. The van der Waals surface area contributed by atoms with Gasteiger partial charge in [-0.1, -0.05) is 6.07 Å². The summed E-state index contributed by atoms with van der Waals surface area (Å²) < 4.78 is 4.85. The lowest BCUT2D eigenvalue weighted by Gasteiger charge is -2.08. The van der Waals surface area contributed by atoms with Gasteiger partial charge in [0.05, 0.1) is 6.61 Å². The first-order chi connectivity index (χ1) is 10.2. The third-order valence-electron chi connectivity index (χ3n) is 3.39. The summed E-state index contributed by atoms with van der Waals surface area (Å²) in [6.07, 6.45) is 3.48. The van der Waals surface area contributed by atoms with Gasteiger partial charge in [-0.05, 0) is 42.5 Å². The van der Waals surface area contributed by atoms with Gasteiger partial charge in [0.1, 0.15) is 6.54 Å². The number of halogens is 1. The molecule has 0 fully saturated rings. The Balaban J connectivity index is 0.00000242. The molecule has 0 bridgehead atoms. The Morgan fingerprint density at radius 3 is 2.91 bits per heavy atom. The predicted molar refractivity (Wildman–Crippen MR) is 98.9 cm³/mol. The maximum absolute atomic E-state index is 11.5. The van der Waals surface area contributed by atoms with Gasteiger partial charge in [0, 0.05) is 19.3 Å². The minimum Gasteiger partial charge on any atom is -0.383 e. The number of aliphatic imine (C=N–C) groups is 1. The highest BCUT2D eigenvalue weighted by Gasteiger charge is 2.10. The molecule has 0 aromatic heterocycles. The number of guanidine groups is 1. The molecule has 0 radical (unpaired) electrons. The molecule has 1 amide bonds. The molecule has 122 valence electrons. The fraction of sp³-hybridized carbons (Fsp3) is 0.467. The van der Waals surface area contributed by atoms with Gasteiger partial charge in [-0.15, -0.1) is 24.0 Å². The van der Waals surface area contributed by atoms with E-state index in [2.05, 4.69) is 27.8 Å². The van der Waals surface area contributed by atoms with Gasteiger partial charge in [-0.25, -0.2) is 4.99 Å². The molecule has 1 aromatic rings. The molecule has 0 saturated carbocycles. The molecule has 2 rings (SSSR count).